The van der Waals surface area contributed by atoms with E-state index in [0.717, 1.165) is 52.0 Å². The summed E-state index contributed by atoms with van der Waals surface area (Å²) in [6.07, 6.45) is 4.31. The summed E-state index contributed by atoms with van der Waals surface area (Å²) in [5.74, 6) is 0. The molecule has 234 valence electrons. The zero-order valence-corrected chi connectivity index (χ0v) is 29.4. The van der Waals surface area contributed by atoms with Gasteiger partial charge in [0, 0.05) is 52.0 Å². The number of fused-ring (bicyclic) bond motifs is 2. The number of aliphatic hydroxyl groups excluding tert-OH is 1. The van der Waals surface area contributed by atoms with Gasteiger partial charge >= 0.3 is 6.09 Å². The minimum atomic E-state index is -2.02. The molecule has 0 bridgehead atoms. The lowest BCUT2D eigenvalue weighted by atomic mass is 9.92. The second kappa shape index (κ2) is 12.0. The molecular formula is C33H46ClN3O4SSi. The van der Waals surface area contributed by atoms with Crippen LogP contribution in [0, 0.1) is 0 Å². The molecular weight excluding hydrogens is 598 g/mol. The van der Waals surface area contributed by atoms with Crippen LogP contribution >= 0.6 is 22.9 Å². The lowest BCUT2D eigenvalue weighted by molar-refractivity contribution is 0.0180. The molecule has 2 unspecified atom stereocenters. The van der Waals surface area contributed by atoms with Crippen LogP contribution in [0.5, 0.6) is 0 Å². The number of ether oxygens (including phenoxy) is 1. The zero-order valence-electron chi connectivity index (χ0n) is 26.8. The maximum absolute atomic E-state index is 13.6. The fourth-order valence-electron chi connectivity index (χ4n) is 5.93. The molecule has 2 atom stereocenters. The van der Waals surface area contributed by atoms with Crippen LogP contribution in [0.1, 0.15) is 64.8 Å². The van der Waals surface area contributed by atoms with E-state index in [1.165, 1.54) is 11.3 Å². The molecule has 1 saturated heterocycles. The van der Waals surface area contributed by atoms with Crippen LogP contribution in [0.4, 0.5) is 10.5 Å². The number of halogens is 1. The number of hydrogen-bond acceptors (Lipinski definition) is 7. The molecule has 1 fully saturated rings. The van der Waals surface area contributed by atoms with Crippen molar-refractivity contribution in [2.75, 3.05) is 24.6 Å². The standard InChI is InChI=1S/C33H46ClN3O4SSi/c1-32(2,3)41-31(39)37-18-23(16-24(37)20-40-43(7,8)33(4,5)6)36-13-9-10-21-14-22(34)15-27(29(21)36)26-11-12-35-28-17-25(19-38)42-30(26)28/h11-12,14-15,17,23-24,38H,9-10,13,16,18-20H2,1-8H3. The van der Waals surface area contributed by atoms with Gasteiger partial charge in [-0.05, 0) is 88.0 Å². The first-order chi connectivity index (χ1) is 20.1. The molecule has 1 amide bonds. The molecule has 3 aromatic rings. The highest BCUT2D eigenvalue weighted by atomic mass is 35.5. The minimum Gasteiger partial charge on any atom is -0.444 e. The lowest BCUT2D eigenvalue weighted by Gasteiger charge is -2.38. The second-order valence-electron chi connectivity index (χ2n) is 14.4. The Balaban J connectivity index is 1.53. The number of pyridine rings is 1. The molecule has 10 heteroatoms. The number of benzene rings is 1. The molecule has 0 saturated carbocycles. The normalized spacial score (nSPS) is 19.7. The van der Waals surface area contributed by atoms with Gasteiger partial charge in [0.05, 0.1) is 29.5 Å². The van der Waals surface area contributed by atoms with Gasteiger partial charge < -0.3 is 24.1 Å². The quantitative estimate of drug-likeness (QED) is 0.273. The molecule has 5 rings (SSSR count). The van der Waals surface area contributed by atoms with Gasteiger partial charge in [-0.3, -0.25) is 4.98 Å². The third kappa shape index (κ3) is 6.76. The van der Waals surface area contributed by atoms with Crippen molar-refractivity contribution in [2.45, 2.75) is 103 Å². The highest BCUT2D eigenvalue weighted by molar-refractivity contribution is 7.19. The first kappa shape index (κ1) is 32.2. The van der Waals surface area contributed by atoms with E-state index >= 15 is 0 Å². The van der Waals surface area contributed by atoms with Crippen molar-refractivity contribution < 1.29 is 19.1 Å². The summed E-state index contributed by atoms with van der Waals surface area (Å²) < 4.78 is 13.6. The van der Waals surface area contributed by atoms with Gasteiger partial charge in [0.15, 0.2) is 8.32 Å². The van der Waals surface area contributed by atoms with Gasteiger partial charge in [-0.25, -0.2) is 4.79 Å². The summed E-state index contributed by atoms with van der Waals surface area (Å²) in [7, 11) is -2.02. The average Bonchev–Trinajstić information content (AvgIpc) is 3.54. The van der Waals surface area contributed by atoms with Gasteiger partial charge in [0.25, 0.3) is 0 Å². The molecule has 0 radical (unpaired) electrons. The van der Waals surface area contributed by atoms with Crippen molar-refractivity contribution >= 4 is 53.3 Å². The Labute approximate surface area is 266 Å². The number of aryl methyl sites for hydroxylation is 1. The molecule has 2 aliphatic heterocycles. The predicted molar refractivity (Wildman–Crippen MR) is 180 cm³/mol. The highest BCUT2D eigenvalue weighted by Crippen LogP contribution is 2.45. The maximum atomic E-state index is 13.6. The van der Waals surface area contributed by atoms with Crippen molar-refractivity contribution in [2.24, 2.45) is 0 Å². The molecule has 4 heterocycles. The summed E-state index contributed by atoms with van der Waals surface area (Å²) in [5, 5.41) is 10.6. The van der Waals surface area contributed by atoms with Crippen LogP contribution in [-0.2, 0) is 22.2 Å². The summed E-state index contributed by atoms with van der Waals surface area (Å²) >= 11 is 8.31. The van der Waals surface area contributed by atoms with Crippen LogP contribution < -0.4 is 4.90 Å². The number of carbonyl (C=O) groups excluding carboxylic acids is 1. The molecule has 0 aliphatic carbocycles. The van der Waals surface area contributed by atoms with Crippen molar-refractivity contribution in [3.8, 4) is 11.1 Å². The number of hydrogen-bond donors (Lipinski definition) is 1. The minimum absolute atomic E-state index is 0.0127. The Hall–Kier alpha value is -2.17. The Bertz CT molecular complexity index is 1500. The molecule has 2 aromatic heterocycles. The largest absolute Gasteiger partial charge is 0.444 e. The van der Waals surface area contributed by atoms with Gasteiger partial charge in [0.1, 0.15) is 5.60 Å². The molecule has 43 heavy (non-hydrogen) atoms. The SMILES string of the molecule is CC(C)(C)OC(=O)N1CC(N2CCCc3cc(Cl)cc(-c4ccnc5cc(CO)sc45)c32)CC1CO[Si](C)(C)C(C)(C)C. The van der Waals surface area contributed by atoms with Gasteiger partial charge in [-0.2, -0.15) is 0 Å². The molecule has 2 aliphatic rings. The molecule has 7 nitrogen and oxygen atoms in total. The van der Waals surface area contributed by atoms with E-state index in [9.17, 15) is 9.90 Å². The maximum Gasteiger partial charge on any atom is 0.410 e. The van der Waals surface area contributed by atoms with Crippen molar-refractivity contribution in [3.05, 3.63) is 45.9 Å². The molecule has 0 spiro atoms. The van der Waals surface area contributed by atoms with E-state index in [4.69, 9.17) is 20.8 Å². The summed E-state index contributed by atoms with van der Waals surface area (Å²) in [5.41, 5.74) is 4.85. The first-order valence-electron chi connectivity index (χ1n) is 15.3. The summed E-state index contributed by atoms with van der Waals surface area (Å²) in [6.45, 7) is 19.0. The number of likely N-dealkylation sites (tertiary alicyclic amines) is 1. The van der Waals surface area contributed by atoms with Gasteiger partial charge in [-0.1, -0.05) is 32.4 Å². The number of rotatable bonds is 6. The van der Waals surface area contributed by atoms with Crippen LogP contribution in [0.3, 0.4) is 0 Å². The number of anilines is 1. The third-order valence-corrected chi connectivity index (χ3v) is 15.0. The van der Waals surface area contributed by atoms with Crippen molar-refractivity contribution in [1.29, 1.82) is 0 Å². The number of aromatic nitrogens is 1. The van der Waals surface area contributed by atoms with E-state index in [1.54, 1.807) is 11.3 Å². The average molecular weight is 644 g/mol. The Morgan fingerprint density at radius 2 is 1.91 bits per heavy atom. The van der Waals surface area contributed by atoms with Crippen LogP contribution in [-0.4, -0.2) is 66.8 Å². The Kier molecular flexibility index (Phi) is 8.97. The van der Waals surface area contributed by atoms with Gasteiger partial charge in [-0.15, -0.1) is 11.3 Å². The summed E-state index contributed by atoms with van der Waals surface area (Å²) in [4.78, 5) is 23.4. The van der Waals surface area contributed by atoms with E-state index < -0.39 is 13.9 Å². The van der Waals surface area contributed by atoms with Crippen LogP contribution in [0.25, 0.3) is 21.3 Å². The zero-order chi connectivity index (χ0) is 31.3. The number of carbonyl (C=O) groups is 1. The number of nitrogens with zero attached hydrogens (tertiary/aromatic N) is 3. The monoisotopic (exact) mass is 643 g/mol. The topological polar surface area (TPSA) is 75.1 Å². The second-order valence-corrected chi connectivity index (χ2v) is 20.8. The fourth-order valence-corrected chi connectivity index (χ4v) is 8.21. The van der Waals surface area contributed by atoms with Crippen molar-refractivity contribution in [1.82, 2.24) is 9.88 Å². The van der Waals surface area contributed by atoms with Crippen LogP contribution in [0.2, 0.25) is 23.2 Å². The Morgan fingerprint density at radius 3 is 2.58 bits per heavy atom. The van der Waals surface area contributed by atoms with Gasteiger partial charge in [0.2, 0.25) is 0 Å². The van der Waals surface area contributed by atoms with Crippen LogP contribution in [0.15, 0.2) is 30.5 Å². The van der Waals surface area contributed by atoms with E-state index in [0.29, 0.717) is 18.2 Å². The van der Waals surface area contributed by atoms with E-state index in [2.05, 4.69) is 61.9 Å². The van der Waals surface area contributed by atoms with Crippen molar-refractivity contribution in [3.63, 3.8) is 0 Å². The Morgan fingerprint density at radius 1 is 1.16 bits per heavy atom. The number of amides is 1. The smallest absolute Gasteiger partial charge is 0.410 e. The first-order valence-corrected chi connectivity index (χ1v) is 19.4. The predicted octanol–water partition coefficient (Wildman–Crippen LogP) is 8.26. The van der Waals surface area contributed by atoms with E-state index in [-0.39, 0.29) is 29.8 Å². The lowest BCUT2D eigenvalue weighted by Crippen LogP contribution is -2.47. The highest BCUT2D eigenvalue weighted by Gasteiger charge is 2.44. The number of thiophene rings is 1. The fraction of sp³-hybridized carbons (Fsp3) is 0.576. The number of aliphatic hydroxyl groups is 1. The third-order valence-electron chi connectivity index (χ3n) is 9.10. The molecule has 1 N–H and O–H groups in total. The molecule has 1 aromatic carbocycles. The van der Waals surface area contributed by atoms with E-state index in [1.807, 2.05) is 37.9 Å². The summed E-state index contributed by atoms with van der Waals surface area (Å²) in [6, 6.07) is 8.19.